The zero-order chi connectivity index (χ0) is 48.8. The van der Waals surface area contributed by atoms with Crippen LogP contribution in [-0.2, 0) is 32.5 Å². The van der Waals surface area contributed by atoms with Gasteiger partial charge < -0.3 is 25.8 Å². The van der Waals surface area contributed by atoms with Crippen LogP contribution in [0.3, 0.4) is 0 Å². The molecule has 3 aromatic carbocycles. The number of hydrogen-bond donors (Lipinski definition) is 4. The number of benzene rings is 3. The molecule has 1 aliphatic carbocycles. The van der Waals surface area contributed by atoms with Crippen LogP contribution in [0.2, 0.25) is 5.02 Å². The van der Waals surface area contributed by atoms with Gasteiger partial charge in [0, 0.05) is 95.7 Å². The van der Waals surface area contributed by atoms with Gasteiger partial charge in [0.15, 0.2) is 0 Å². The molecule has 1 saturated carbocycles. The molecule has 0 unspecified atom stereocenters. The first-order chi connectivity index (χ1) is 32.8. The lowest BCUT2D eigenvalue weighted by molar-refractivity contribution is -0.141. The summed E-state index contributed by atoms with van der Waals surface area (Å²) in [6, 6.07) is 15.2. The second-order valence-electron chi connectivity index (χ2n) is 20.6. The van der Waals surface area contributed by atoms with Crippen molar-refractivity contribution in [3.8, 4) is 11.8 Å². The summed E-state index contributed by atoms with van der Waals surface area (Å²) >= 11 is 6.35. The highest BCUT2D eigenvalue weighted by atomic mass is 35.5. The third kappa shape index (κ3) is 8.30. The highest BCUT2D eigenvalue weighted by Crippen LogP contribution is 2.59. The molecule has 3 saturated heterocycles. The lowest BCUT2D eigenvalue weighted by Crippen LogP contribution is -2.52. The van der Waals surface area contributed by atoms with E-state index < -0.39 is 59.0 Å². The average Bonchev–Trinajstić information content (AvgIpc) is 3.51. The predicted molar refractivity (Wildman–Crippen MR) is 248 cm³/mol. The zero-order valence-electron chi connectivity index (χ0n) is 38.2. The van der Waals surface area contributed by atoms with Gasteiger partial charge in [0.1, 0.15) is 17.6 Å². The molecule has 12 nitrogen and oxygen atoms in total. The molecule has 6 heterocycles. The zero-order valence-corrected chi connectivity index (χ0v) is 38.9. The Morgan fingerprint density at radius 2 is 1.74 bits per heavy atom. The third-order valence-electron chi connectivity index (χ3n) is 15.2. The number of rotatable bonds is 6. The average molecular weight is 964 g/mol. The smallest absolute Gasteiger partial charge is 0.384 e. The number of nitrogens with one attached hydrogen (secondary N) is 4. The van der Waals surface area contributed by atoms with Gasteiger partial charge in [0.2, 0.25) is 17.7 Å². The molecular formula is C52H50ClF4N7O5. The fraction of sp³-hybridized carbons (Fsp3) is 0.423. The summed E-state index contributed by atoms with van der Waals surface area (Å²) in [6.45, 7) is 7.51. The van der Waals surface area contributed by atoms with Crippen molar-refractivity contribution in [3.05, 3.63) is 123 Å². The summed E-state index contributed by atoms with van der Waals surface area (Å²) in [6.07, 6.45) is -0.0860. The summed E-state index contributed by atoms with van der Waals surface area (Å²) in [7, 11) is 0. The maximum Gasteiger partial charge on any atom is 0.433 e. The largest absolute Gasteiger partial charge is 0.433 e. The number of halogens is 5. The van der Waals surface area contributed by atoms with Crippen LogP contribution in [0.25, 0.3) is 0 Å². The van der Waals surface area contributed by atoms with E-state index in [9.17, 15) is 37.1 Å². The predicted octanol–water partition coefficient (Wildman–Crippen LogP) is 7.81. The van der Waals surface area contributed by atoms with Crippen LogP contribution in [0, 0.1) is 34.4 Å². The van der Waals surface area contributed by atoms with E-state index in [1.165, 1.54) is 17.2 Å². The van der Waals surface area contributed by atoms with Crippen LogP contribution in [-0.4, -0.2) is 82.1 Å². The summed E-state index contributed by atoms with van der Waals surface area (Å²) in [5.74, 6) is 3.57. The molecule has 1 aromatic heterocycles. The van der Waals surface area contributed by atoms with E-state index in [0.29, 0.717) is 41.9 Å². The van der Waals surface area contributed by atoms with E-state index in [1.54, 1.807) is 48.5 Å². The van der Waals surface area contributed by atoms with Gasteiger partial charge in [-0.1, -0.05) is 62.4 Å². The molecule has 10 rings (SSSR count). The van der Waals surface area contributed by atoms with Gasteiger partial charge in [-0.2, -0.15) is 13.2 Å². The van der Waals surface area contributed by atoms with Crippen molar-refractivity contribution >= 4 is 52.5 Å². The van der Waals surface area contributed by atoms with Gasteiger partial charge in [0.25, 0.3) is 11.8 Å². The summed E-state index contributed by atoms with van der Waals surface area (Å²) in [5, 5.41) is 11.8. The Labute approximate surface area is 401 Å². The van der Waals surface area contributed by atoms with Crippen molar-refractivity contribution in [2.24, 2.45) is 16.7 Å². The van der Waals surface area contributed by atoms with Crippen LogP contribution >= 0.6 is 11.6 Å². The molecule has 4 N–H and O–H groups in total. The van der Waals surface area contributed by atoms with Gasteiger partial charge in [-0.05, 0) is 103 Å². The molecule has 6 aliphatic rings. The Hall–Kier alpha value is -6.31. The minimum absolute atomic E-state index is 0.00575. The summed E-state index contributed by atoms with van der Waals surface area (Å²) in [5.41, 5.74) is 1.19. The molecule has 358 valence electrons. The Balaban J connectivity index is 0.815. The minimum atomic E-state index is -4.69. The van der Waals surface area contributed by atoms with E-state index in [2.05, 4.69) is 38.1 Å². The van der Waals surface area contributed by atoms with Crippen LogP contribution in [0.15, 0.2) is 72.9 Å². The Kier molecular flexibility index (Phi) is 11.4. The Morgan fingerprint density at radius 1 is 1.00 bits per heavy atom. The number of aromatic nitrogens is 1. The van der Waals surface area contributed by atoms with E-state index in [1.807, 2.05) is 31.7 Å². The van der Waals surface area contributed by atoms with Crippen molar-refractivity contribution in [2.45, 2.75) is 101 Å². The molecule has 2 spiro atoms. The Morgan fingerprint density at radius 3 is 2.45 bits per heavy atom. The number of amides is 5. The molecule has 4 aromatic rings. The first-order valence-electron chi connectivity index (χ1n) is 23.3. The SMILES string of the molecule is CC(C)(C)C[C@@H]1N[C@@H](C(=O)Nc2ccc(C(=O)N3CCC4(CC3)C[C@@H]4C#Cc3cccc4c3CN([C@H]3CCC(=O)NC3=O)C4=O)cc2)[C@H](c2cccc(Cl)c2F)[C@]12CNc1cc(C(F)(F)F)ncc12. The van der Waals surface area contributed by atoms with E-state index in [-0.39, 0.29) is 76.7 Å². The molecule has 4 fully saturated rings. The fourth-order valence-corrected chi connectivity index (χ4v) is 11.7. The number of fused-ring (bicyclic) bond motifs is 3. The van der Waals surface area contributed by atoms with E-state index in [0.717, 1.165) is 36.5 Å². The quantitative estimate of drug-likeness (QED) is 0.0868. The van der Waals surface area contributed by atoms with Crippen molar-refractivity contribution < 1.29 is 41.5 Å². The number of likely N-dealkylation sites (tertiary alicyclic amines) is 1. The van der Waals surface area contributed by atoms with Crippen molar-refractivity contribution in [1.29, 1.82) is 0 Å². The molecule has 5 aliphatic heterocycles. The van der Waals surface area contributed by atoms with Gasteiger partial charge >= 0.3 is 6.18 Å². The first-order valence-corrected chi connectivity index (χ1v) is 23.6. The number of imide groups is 1. The molecule has 69 heavy (non-hydrogen) atoms. The summed E-state index contributed by atoms with van der Waals surface area (Å²) in [4.78, 5) is 73.1. The number of hydrogen-bond acceptors (Lipinski definition) is 8. The summed E-state index contributed by atoms with van der Waals surface area (Å²) < 4.78 is 57.8. The minimum Gasteiger partial charge on any atom is -0.384 e. The lowest BCUT2D eigenvalue weighted by Gasteiger charge is -2.39. The lowest BCUT2D eigenvalue weighted by atomic mass is 9.63. The second-order valence-corrected chi connectivity index (χ2v) is 21.0. The van der Waals surface area contributed by atoms with Crippen LogP contribution in [0.4, 0.5) is 28.9 Å². The number of piperidine rings is 2. The normalized spacial score (nSPS) is 25.7. The van der Waals surface area contributed by atoms with Crippen molar-refractivity contribution in [3.63, 3.8) is 0 Å². The van der Waals surface area contributed by atoms with E-state index >= 15 is 4.39 Å². The second kappa shape index (κ2) is 17.0. The highest BCUT2D eigenvalue weighted by molar-refractivity contribution is 6.30. The third-order valence-corrected chi connectivity index (χ3v) is 15.5. The monoisotopic (exact) mass is 963 g/mol. The van der Waals surface area contributed by atoms with Gasteiger partial charge in [-0.3, -0.25) is 34.3 Å². The number of anilines is 2. The highest BCUT2D eigenvalue weighted by Gasteiger charge is 2.62. The Bertz CT molecular complexity index is 2880. The van der Waals surface area contributed by atoms with Crippen LogP contribution < -0.4 is 21.3 Å². The van der Waals surface area contributed by atoms with Gasteiger partial charge in [-0.25, -0.2) is 4.39 Å². The van der Waals surface area contributed by atoms with Gasteiger partial charge in [0.05, 0.1) is 11.1 Å². The first kappa shape index (κ1) is 46.4. The maximum absolute atomic E-state index is 16.2. The molecular weight excluding hydrogens is 914 g/mol. The molecule has 5 amide bonds. The topological polar surface area (TPSA) is 153 Å². The van der Waals surface area contributed by atoms with Crippen molar-refractivity contribution in [2.75, 3.05) is 30.3 Å². The van der Waals surface area contributed by atoms with Crippen LogP contribution in [0.5, 0.6) is 0 Å². The standard InChI is InChI=1S/C52H50ClF4N7O5/c1-49(2,3)24-40-51(27-59-37-22-39(52(55,56)57)58-25-35(37)51)42(33-8-5-9-36(53)43(33)54)44(61-40)46(67)60-31-14-11-29(12-15-31)47(68)63-20-18-50(19-21-63)23-30(50)13-10-28-6-4-7-32-34(28)26-64(48(32)69)38-16-17-41(65)62-45(38)66/h4-9,11-12,14-15,22,25,30,38,40,42,44,59,61H,16-21,23-24,26-27H2,1-3H3,(H,60,67)(H,62,65,66)/t30-,38-,40-,42-,44+,51-/m0/s1. The number of pyridine rings is 1. The number of alkyl halides is 3. The number of nitrogens with zero attached hydrogens (tertiary/aromatic N) is 3. The van der Waals surface area contributed by atoms with E-state index in [4.69, 9.17) is 11.6 Å². The van der Waals surface area contributed by atoms with Crippen molar-refractivity contribution in [1.82, 2.24) is 25.4 Å². The van der Waals surface area contributed by atoms with Crippen LogP contribution in [0.1, 0.15) is 114 Å². The molecule has 6 atom stereocenters. The number of carbonyl (C=O) groups excluding carboxylic acids is 5. The van der Waals surface area contributed by atoms with Gasteiger partial charge in [-0.15, -0.1) is 0 Å². The molecule has 17 heteroatoms. The maximum atomic E-state index is 16.2. The molecule has 0 bridgehead atoms. The number of carbonyl (C=O) groups is 5. The molecule has 0 radical (unpaired) electrons. The fourth-order valence-electron chi connectivity index (χ4n) is 11.6.